The van der Waals surface area contributed by atoms with Gasteiger partial charge in [0.25, 0.3) is 0 Å². The number of piperidine rings is 1. The fourth-order valence-electron chi connectivity index (χ4n) is 3.39. The van der Waals surface area contributed by atoms with Crippen molar-refractivity contribution in [2.24, 2.45) is 11.8 Å². The first-order valence-electron chi connectivity index (χ1n) is 7.77. The molecule has 0 spiro atoms. The molecule has 1 heterocycles. The second kappa shape index (κ2) is 6.60. The van der Waals surface area contributed by atoms with Crippen LogP contribution in [0.2, 0.25) is 0 Å². The summed E-state index contributed by atoms with van der Waals surface area (Å²) >= 11 is 0. The highest BCUT2D eigenvalue weighted by Crippen LogP contribution is 2.33. The number of hydrogen-bond donors (Lipinski definition) is 1. The quantitative estimate of drug-likeness (QED) is 0.852. The average molecular weight is 268 g/mol. The molecule has 1 saturated heterocycles. The van der Waals surface area contributed by atoms with Gasteiger partial charge in [0.2, 0.25) is 0 Å². The van der Waals surface area contributed by atoms with E-state index < -0.39 is 0 Å². The van der Waals surface area contributed by atoms with Gasteiger partial charge in [0.15, 0.2) is 0 Å². The molecule has 3 unspecified atom stereocenters. The topological polar surface area (TPSA) is 41.6 Å². The van der Waals surface area contributed by atoms with Crippen molar-refractivity contribution in [1.29, 1.82) is 0 Å². The fourth-order valence-corrected chi connectivity index (χ4v) is 3.39. The first-order chi connectivity index (χ1) is 9.10. The van der Waals surface area contributed by atoms with E-state index in [0.717, 1.165) is 18.9 Å². The Balaban J connectivity index is 1.86. The van der Waals surface area contributed by atoms with Crippen molar-refractivity contribution in [3.05, 3.63) is 0 Å². The minimum absolute atomic E-state index is 0.241. The lowest BCUT2D eigenvalue weighted by Crippen LogP contribution is -2.54. The molecule has 1 saturated carbocycles. The predicted molar refractivity (Wildman–Crippen MR) is 76.1 cm³/mol. The Labute approximate surface area is 116 Å². The van der Waals surface area contributed by atoms with E-state index in [4.69, 9.17) is 4.74 Å². The number of carbonyl (C=O) groups excluding carboxylic acids is 1. The number of rotatable bonds is 4. The van der Waals surface area contributed by atoms with E-state index in [1.165, 1.54) is 25.8 Å². The predicted octanol–water partition coefficient (Wildman–Crippen LogP) is 2.63. The Morgan fingerprint density at radius 1 is 1.42 bits per heavy atom. The van der Waals surface area contributed by atoms with E-state index in [1.54, 1.807) is 0 Å². The SMILES string of the molecule is CCOC(=O)NC1CC(C)CN(C(C)C2CCC2)C1. The van der Waals surface area contributed by atoms with Crippen molar-refractivity contribution in [2.45, 2.75) is 58.5 Å². The molecule has 2 fully saturated rings. The molecule has 0 aromatic carbocycles. The molecule has 2 rings (SSSR count). The summed E-state index contributed by atoms with van der Waals surface area (Å²) in [6, 6.07) is 0.897. The molecule has 19 heavy (non-hydrogen) atoms. The Morgan fingerprint density at radius 2 is 2.16 bits per heavy atom. The molecule has 1 aliphatic heterocycles. The molecule has 1 aliphatic carbocycles. The van der Waals surface area contributed by atoms with Gasteiger partial charge in [-0.25, -0.2) is 4.79 Å². The van der Waals surface area contributed by atoms with Gasteiger partial charge < -0.3 is 10.1 Å². The first kappa shape index (κ1) is 14.6. The number of carbonyl (C=O) groups is 1. The lowest BCUT2D eigenvalue weighted by molar-refractivity contribution is 0.0537. The second-order valence-corrected chi connectivity index (χ2v) is 6.29. The molecule has 4 nitrogen and oxygen atoms in total. The zero-order valence-corrected chi connectivity index (χ0v) is 12.5. The highest BCUT2D eigenvalue weighted by molar-refractivity contribution is 5.67. The Bertz CT molecular complexity index is 305. The van der Waals surface area contributed by atoms with E-state index in [2.05, 4.69) is 24.1 Å². The molecule has 0 radical (unpaired) electrons. The lowest BCUT2D eigenvalue weighted by atomic mass is 9.79. The minimum Gasteiger partial charge on any atom is -0.450 e. The summed E-state index contributed by atoms with van der Waals surface area (Å²) in [5, 5.41) is 3.01. The maximum Gasteiger partial charge on any atom is 0.407 e. The van der Waals surface area contributed by atoms with Gasteiger partial charge in [0, 0.05) is 25.2 Å². The van der Waals surface area contributed by atoms with Crippen molar-refractivity contribution in [2.75, 3.05) is 19.7 Å². The summed E-state index contributed by atoms with van der Waals surface area (Å²) in [7, 11) is 0. The number of likely N-dealkylation sites (tertiary alicyclic amines) is 1. The van der Waals surface area contributed by atoms with E-state index in [0.29, 0.717) is 18.6 Å². The Hall–Kier alpha value is -0.770. The first-order valence-corrected chi connectivity index (χ1v) is 7.77. The van der Waals surface area contributed by atoms with Crippen molar-refractivity contribution in [3.8, 4) is 0 Å². The van der Waals surface area contributed by atoms with E-state index in [-0.39, 0.29) is 12.1 Å². The van der Waals surface area contributed by atoms with Crippen LogP contribution in [0.25, 0.3) is 0 Å². The van der Waals surface area contributed by atoms with Gasteiger partial charge in [-0.3, -0.25) is 4.90 Å². The third kappa shape index (κ3) is 3.85. The summed E-state index contributed by atoms with van der Waals surface area (Å²) in [5.74, 6) is 1.51. The van der Waals surface area contributed by atoms with Gasteiger partial charge in [0.05, 0.1) is 6.61 Å². The third-order valence-electron chi connectivity index (χ3n) is 4.69. The van der Waals surface area contributed by atoms with Crippen LogP contribution in [0, 0.1) is 11.8 Å². The summed E-state index contributed by atoms with van der Waals surface area (Å²) < 4.78 is 4.99. The average Bonchev–Trinajstić information content (AvgIpc) is 2.25. The highest BCUT2D eigenvalue weighted by Gasteiger charge is 2.33. The third-order valence-corrected chi connectivity index (χ3v) is 4.69. The smallest absolute Gasteiger partial charge is 0.407 e. The molecule has 1 N–H and O–H groups in total. The number of alkyl carbamates (subject to hydrolysis) is 1. The monoisotopic (exact) mass is 268 g/mol. The summed E-state index contributed by atoms with van der Waals surface area (Å²) in [5.41, 5.74) is 0. The Kier molecular flexibility index (Phi) is 5.08. The van der Waals surface area contributed by atoms with Crippen LogP contribution in [0.15, 0.2) is 0 Å². The van der Waals surface area contributed by atoms with Crippen LogP contribution >= 0.6 is 0 Å². The number of amides is 1. The van der Waals surface area contributed by atoms with Crippen LogP contribution in [0.4, 0.5) is 4.79 Å². The van der Waals surface area contributed by atoms with Crippen LogP contribution in [0.5, 0.6) is 0 Å². The maximum atomic E-state index is 11.5. The highest BCUT2D eigenvalue weighted by atomic mass is 16.5. The lowest BCUT2D eigenvalue weighted by Gasteiger charge is -2.44. The van der Waals surface area contributed by atoms with Crippen molar-refractivity contribution in [1.82, 2.24) is 10.2 Å². The van der Waals surface area contributed by atoms with Gasteiger partial charge in [-0.15, -0.1) is 0 Å². The van der Waals surface area contributed by atoms with Crippen LogP contribution in [0.1, 0.15) is 46.5 Å². The number of nitrogens with one attached hydrogen (secondary N) is 1. The number of hydrogen-bond acceptors (Lipinski definition) is 3. The number of nitrogens with zero attached hydrogens (tertiary/aromatic N) is 1. The maximum absolute atomic E-state index is 11.5. The standard InChI is InChI=1S/C15H28N2O2/c1-4-19-15(18)16-14-8-11(2)9-17(10-14)12(3)13-6-5-7-13/h11-14H,4-10H2,1-3H3,(H,16,18). The zero-order chi connectivity index (χ0) is 13.8. The van der Waals surface area contributed by atoms with Gasteiger partial charge in [-0.1, -0.05) is 13.3 Å². The second-order valence-electron chi connectivity index (χ2n) is 6.29. The van der Waals surface area contributed by atoms with Crippen molar-refractivity contribution < 1.29 is 9.53 Å². The largest absolute Gasteiger partial charge is 0.450 e. The minimum atomic E-state index is -0.266. The van der Waals surface area contributed by atoms with Gasteiger partial charge in [-0.2, -0.15) is 0 Å². The molecule has 110 valence electrons. The molecule has 2 aliphatic rings. The molecule has 0 bridgehead atoms. The number of ether oxygens (including phenoxy) is 1. The van der Waals surface area contributed by atoms with E-state index >= 15 is 0 Å². The fraction of sp³-hybridized carbons (Fsp3) is 0.933. The Morgan fingerprint density at radius 3 is 2.74 bits per heavy atom. The van der Waals surface area contributed by atoms with Gasteiger partial charge in [-0.05, 0) is 44.9 Å². The van der Waals surface area contributed by atoms with Gasteiger partial charge >= 0.3 is 6.09 Å². The molecule has 0 aromatic rings. The molecule has 3 atom stereocenters. The van der Waals surface area contributed by atoms with Crippen LogP contribution < -0.4 is 5.32 Å². The molecular formula is C15H28N2O2. The normalized spacial score (nSPS) is 30.5. The molecular weight excluding hydrogens is 240 g/mol. The molecule has 4 heteroatoms. The van der Waals surface area contributed by atoms with Crippen molar-refractivity contribution in [3.63, 3.8) is 0 Å². The summed E-state index contributed by atoms with van der Waals surface area (Å²) in [6.07, 6.45) is 4.94. The molecule has 0 aromatic heterocycles. The van der Waals surface area contributed by atoms with E-state index in [1.807, 2.05) is 6.92 Å². The summed E-state index contributed by atoms with van der Waals surface area (Å²) in [6.45, 7) is 9.05. The summed E-state index contributed by atoms with van der Waals surface area (Å²) in [4.78, 5) is 14.1. The van der Waals surface area contributed by atoms with Gasteiger partial charge in [0.1, 0.15) is 0 Å². The van der Waals surface area contributed by atoms with E-state index in [9.17, 15) is 4.79 Å². The molecule has 1 amide bonds. The zero-order valence-electron chi connectivity index (χ0n) is 12.5. The van der Waals surface area contributed by atoms with Crippen LogP contribution in [0.3, 0.4) is 0 Å². The van der Waals surface area contributed by atoms with Crippen LogP contribution in [-0.2, 0) is 4.74 Å². The van der Waals surface area contributed by atoms with Crippen LogP contribution in [-0.4, -0.2) is 42.8 Å². The van der Waals surface area contributed by atoms with Crippen molar-refractivity contribution >= 4 is 6.09 Å².